The molecule has 150 valence electrons. The summed E-state index contributed by atoms with van der Waals surface area (Å²) in [6.07, 6.45) is -1.21. The molecular weight excluding hydrogens is 473 g/mol. The van der Waals surface area contributed by atoms with Gasteiger partial charge in [0.05, 0.1) is 22.3 Å². The van der Waals surface area contributed by atoms with E-state index in [4.69, 9.17) is 4.42 Å². The highest BCUT2D eigenvalue weighted by atomic mass is 79.9. The van der Waals surface area contributed by atoms with Crippen LogP contribution in [0.4, 0.5) is 18.3 Å². The highest BCUT2D eigenvalue weighted by Gasteiger charge is 2.34. The fraction of sp³-hybridized carbons (Fsp3) is 0.167. The first-order valence-electron chi connectivity index (χ1n) is 8.34. The van der Waals surface area contributed by atoms with Crippen molar-refractivity contribution in [3.8, 4) is 0 Å². The summed E-state index contributed by atoms with van der Waals surface area (Å²) in [5, 5.41) is 4.24. The van der Waals surface area contributed by atoms with Gasteiger partial charge >= 0.3 is 6.18 Å². The lowest BCUT2D eigenvalue weighted by Gasteiger charge is -2.18. The van der Waals surface area contributed by atoms with Gasteiger partial charge in [0, 0.05) is 18.9 Å². The smallest absolute Gasteiger partial charge is 0.418 e. The third-order valence-electron chi connectivity index (χ3n) is 4.09. The maximum absolute atomic E-state index is 13.3. The molecule has 0 atom stereocenters. The first-order chi connectivity index (χ1) is 13.8. The molecule has 3 heterocycles. The van der Waals surface area contributed by atoms with E-state index >= 15 is 0 Å². The number of aromatic nitrogens is 3. The number of amides is 1. The highest BCUT2D eigenvalue weighted by molar-refractivity contribution is 9.10. The van der Waals surface area contributed by atoms with E-state index in [1.165, 1.54) is 17.0 Å². The fourth-order valence-corrected chi connectivity index (χ4v) is 4.09. The second-order valence-corrected chi connectivity index (χ2v) is 7.77. The summed E-state index contributed by atoms with van der Waals surface area (Å²) in [6.45, 7) is 0.489. The van der Waals surface area contributed by atoms with Crippen LogP contribution in [-0.2, 0) is 12.7 Å². The van der Waals surface area contributed by atoms with Crippen molar-refractivity contribution in [3.05, 3.63) is 64.8 Å². The van der Waals surface area contributed by atoms with Gasteiger partial charge in [-0.05, 0) is 46.3 Å². The number of hydrogen-bond donors (Lipinski definition) is 0. The Labute approximate surface area is 174 Å². The van der Waals surface area contributed by atoms with Gasteiger partial charge in [0.25, 0.3) is 5.91 Å². The number of thiazole rings is 1. The van der Waals surface area contributed by atoms with Crippen LogP contribution in [0.15, 0.2) is 57.9 Å². The van der Waals surface area contributed by atoms with Crippen molar-refractivity contribution < 1.29 is 22.4 Å². The number of fused-ring (bicyclic) bond motifs is 1. The molecule has 3 aromatic heterocycles. The lowest BCUT2D eigenvalue weighted by Crippen LogP contribution is -2.33. The zero-order valence-electron chi connectivity index (χ0n) is 14.6. The summed E-state index contributed by atoms with van der Waals surface area (Å²) < 4.78 is 47.7. The van der Waals surface area contributed by atoms with Crippen molar-refractivity contribution in [1.29, 1.82) is 0 Å². The van der Waals surface area contributed by atoms with Gasteiger partial charge in [-0.3, -0.25) is 14.4 Å². The molecule has 0 aliphatic carbocycles. The van der Waals surface area contributed by atoms with Crippen LogP contribution in [0.25, 0.3) is 10.2 Å². The minimum absolute atomic E-state index is 0.0487. The van der Waals surface area contributed by atoms with Crippen LogP contribution in [0.1, 0.15) is 16.1 Å². The Balaban J connectivity index is 1.74. The molecule has 11 heteroatoms. The van der Waals surface area contributed by atoms with Crippen molar-refractivity contribution in [2.75, 3.05) is 11.4 Å². The molecule has 0 unspecified atom stereocenters. The normalized spacial score (nSPS) is 11.9. The Morgan fingerprint density at radius 1 is 1.24 bits per heavy atom. The average Bonchev–Trinajstić information content (AvgIpc) is 3.40. The molecule has 0 saturated carbocycles. The molecule has 1 aromatic carbocycles. The monoisotopic (exact) mass is 484 g/mol. The van der Waals surface area contributed by atoms with Crippen molar-refractivity contribution in [3.63, 3.8) is 0 Å². The Morgan fingerprint density at radius 2 is 2.07 bits per heavy atom. The van der Waals surface area contributed by atoms with E-state index in [0.29, 0.717) is 15.9 Å². The number of halogens is 4. The molecule has 0 aliphatic heterocycles. The predicted molar refractivity (Wildman–Crippen MR) is 105 cm³/mol. The molecule has 6 nitrogen and oxygen atoms in total. The van der Waals surface area contributed by atoms with Gasteiger partial charge in [-0.25, -0.2) is 4.98 Å². The summed E-state index contributed by atoms with van der Waals surface area (Å²) in [7, 11) is 0. The van der Waals surface area contributed by atoms with Crippen LogP contribution in [0.5, 0.6) is 0 Å². The minimum Gasteiger partial charge on any atom is -0.444 e. The zero-order chi connectivity index (χ0) is 20.6. The van der Waals surface area contributed by atoms with Crippen LogP contribution in [0, 0.1) is 0 Å². The second-order valence-electron chi connectivity index (χ2n) is 5.98. The molecular formula is C18H12BrF3N4O2S. The van der Waals surface area contributed by atoms with Crippen molar-refractivity contribution >= 4 is 48.5 Å². The maximum atomic E-state index is 13.3. The van der Waals surface area contributed by atoms with E-state index in [0.717, 1.165) is 17.4 Å². The largest absolute Gasteiger partial charge is 0.444 e. The molecule has 4 rings (SSSR count). The van der Waals surface area contributed by atoms with Crippen LogP contribution in [-0.4, -0.2) is 27.2 Å². The SMILES string of the molecule is O=C(c1ccc(Br)o1)N(CCn1cccn1)c1nc2c(C(F)(F)F)cccc2s1. The van der Waals surface area contributed by atoms with Crippen molar-refractivity contribution in [2.24, 2.45) is 0 Å². The van der Waals surface area contributed by atoms with E-state index in [1.807, 2.05) is 0 Å². The van der Waals surface area contributed by atoms with E-state index in [-0.39, 0.29) is 23.0 Å². The summed E-state index contributed by atoms with van der Waals surface area (Å²) in [5.74, 6) is -0.455. The third-order valence-corrected chi connectivity index (χ3v) is 5.55. The lowest BCUT2D eigenvalue weighted by atomic mass is 10.2. The molecule has 0 radical (unpaired) electrons. The first kappa shape index (κ1) is 19.6. The number of anilines is 1. The van der Waals surface area contributed by atoms with E-state index in [9.17, 15) is 18.0 Å². The quantitative estimate of drug-likeness (QED) is 0.389. The summed E-state index contributed by atoms with van der Waals surface area (Å²) in [5.41, 5.74) is -1.02. The summed E-state index contributed by atoms with van der Waals surface area (Å²) in [6, 6.07) is 8.65. The van der Waals surface area contributed by atoms with Crippen LogP contribution >= 0.6 is 27.3 Å². The predicted octanol–water partition coefficient (Wildman–Crippen LogP) is 5.21. The molecule has 29 heavy (non-hydrogen) atoms. The number of nitrogens with zero attached hydrogens (tertiary/aromatic N) is 4. The van der Waals surface area contributed by atoms with Gasteiger partial charge in [-0.2, -0.15) is 18.3 Å². The maximum Gasteiger partial charge on any atom is 0.418 e. The van der Waals surface area contributed by atoms with Crippen LogP contribution in [0.3, 0.4) is 0 Å². The Bertz CT molecular complexity index is 1150. The molecule has 0 fully saturated rings. The summed E-state index contributed by atoms with van der Waals surface area (Å²) >= 11 is 4.16. The van der Waals surface area contributed by atoms with Crippen LogP contribution < -0.4 is 4.90 Å². The topological polar surface area (TPSA) is 64.2 Å². The Kier molecular flexibility index (Phi) is 5.17. The molecule has 0 N–H and O–H groups in total. The zero-order valence-corrected chi connectivity index (χ0v) is 17.0. The van der Waals surface area contributed by atoms with Crippen molar-refractivity contribution in [1.82, 2.24) is 14.8 Å². The number of furan rings is 1. The average molecular weight is 485 g/mol. The minimum atomic E-state index is -4.54. The van der Waals surface area contributed by atoms with Gasteiger partial charge in [-0.1, -0.05) is 17.4 Å². The third kappa shape index (κ3) is 4.06. The Hall–Kier alpha value is -2.66. The number of hydrogen-bond acceptors (Lipinski definition) is 5. The van der Waals surface area contributed by atoms with Crippen molar-refractivity contribution in [2.45, 2.75) is 12.7 Å². The number of carbonyl (C=O) groups excluding carboxylic acids is 1. The number of carbonyl (C=O) groups is 1. The van der Waals surface area contributed by atoms with E-state index in [2.05, 4.69) is 26.0 Å². The van der Waals surface area contributed by atoms with Gasteiger partial charge in [0.2, 0.25) is 0 Å². The molecule has 0 saturated heterocycles. The van der Waals surface area contributed by atoms with Gasteiger partial charge in [0.15, 0.2) is 15.6 Å². The number of rotatable bonds is 5. The fourth-order valence-electron chi connectivity index (χ4n) is 2.76. The van der Waals surface area contributed by atoms with Gasteiger partial charge in [-0.15, -0.1) is 0 Å². The molecule has 0 bridgehead atoms. The second kappa shape index (κ2) is 7.64. The number of alkyl halides is 3. The van der Waals surface area contributed by atoms with Gasteiger partial charge in [0.1, 0.15) is 0 Å². The summed E-state index contributed by atoms with van der Waals surface area (Å²) in [4.78, 5) is 18.5. The highest BCUT2D eigenvalue weighted by Crippen LogP contribution is 2.38. The lowest BCUT2D eigenvalue weighted by molar-refractivity contribution is -0.136. The molecule has 1 amide bonds. The van der Waals surface area contributed by atoms with E-state index in [1.54, 1.807) is 35.3 Å². The molecule has 0 aliphatic rings. The molecule has 0 spiro atoms. The van der Waals surface area contributed by atoms with Crippen LogP contribution in [0.2, 0.25) is 0 Å². The standard InChI is InChI=1S/C18H12BrF3N4O2S/c19-14-6-5-12(28-14)16(27)26(10-9-25-8-2-7-23-25)17-24-15-11(18(20,21)22)3-1-4-13(15)29-17/h1-8H,9-10H2. The number of benzene rings is 1. The molecule has 4 aromatic rings. The van der Waals surface area contributed by atoms with Gasteiger partial charge < -0.3 is 4.42 Å². The first-order valence-corrected chi connectivity index (χ1v) is 9.95. The van der Waals surface area contributed by atoms with E-state index < -0.39 is 17.6 Å². The number of para-hydroxylation sites is 1. The Morgan fingerprint density at radius 3 is 2.72 bits per heavy atom.